The molecule has 1 aromatic carbocycles. The number of ketones is 1. The summed E-state index contributed by atoms with van der Waals surface area (Å²) in [5.74, 6) is -0.112. The molecule has 0 amide bonds. The van der Waals surface area contributed by atoms with Crippen LogP contribution in [0, 0.1) is 13.8 Å². The van der Waals surface area contributed by atoms with Crippen molar-refractivity contribution < 1.29 is 4.79 Å². The van der Waals surface area contributed by atoms with Gasteiger partial charge in [0.1, 0.15) is 12.9 Å². The van der Waals surface area contributed by atoms with Crippen LogP contribution in [0.2, 0.25) is 0 Å². The van der Waals surface area contributed by atoms with Crippen molar-refractivity contribution in [1.29, 1.82) is 0 Å². The first kappa shape index (κ1) is 12.3. The number of carbonyl (C=O) groups is 1. The Hall–Kier alpha value is -2.17. The van der Waals surface area contributed by atoms with Gasteiger partial charge in [-0.25, -0.2) is 9.48 Å². The van der Waals surface area contributed by atoms with Crippen molar-refractivity contribution in [2.75, 3.05) is 0 Å². The van der Waals surface area contributed by atoms with E-state index >= 15 is 0 Å². The molecule has 0 saturated heterocycles. The van der Waals surface area contributed by atoms with Crippen LogP contribution in [0.3, 0.4) is 0 Å². The van der Waals surface area contributed by atoms with E-state index in [1.54, 1.807) is 13.1 Å². The van der Waals surface area contributed by atoms with Gasteiger partial charge in [0.15, 0.2) is 5.78 Å². The van der Waals surface area contributed by atoms with E-state index in [0.717, 1.165) is 15.8 Å². The number of hydrogen-bond acceptors (Lipinski definition) is 3. The number of aromatic nitrogens is 3. The number of Topliss-reactive ketones (excluding diaryl/α,β-unsaturated/α-hetero) is 1. The molecule has 1 aromatic heterocycles. The maximum atomic E-state index is 12.0. The van der Waals surface area contributed by atoms with Crippen LogP contribution < -0.4 is 5.69 Å². The molecule has 94 valence electrons. The zero-order valence-electron chi connectivity index (χ0n) is 10.7. The normalized spacial score (nSPS) is 10.6. The number of aryl methyl sites for hydroxylation is 3. The maximum absolute atomic E-state index is 12.0. The SMILES string of the molecule is Cc1ccc(C(=O)Cn2ncn(C)c2=O)cc1C. The second-order valence-corrected chi connectivity index (χ2v) is 4.40. The van der Waals surface area contributed by atoms with Crippen LogP contribution in [0.4, 0.5) is 0 Å². The van der Waals surface area contributed by atoms with Crippen molar-refractivity contribution in [3.05, 3.63) is 51.7 Å². The summed E-state index contributed by atoms with van der Waals surface area (Å²) < 4.78 is 2.51. The summed E-state index contributed by atoms with van der Waals surface area (Å²) in [6.45, 7) is 3.92. The van der Waals surface area contributed by atoms with E-state index in [9.17, 15) is 9.59 Å². The van der Waals surface area contributed by atoms with E-state index in [4.69, 9.17) is 0 Å². The lowest BCUT2D eigenvalue weighted by Gasteiger charge is -2.04. The van der Waals surface area contributed by atoms with Gasteiger partial charge in [-0.3, -0.25) is 9.36 Å². The predicted octanol–water partition coefficient (Wildman–Crippen LogP) is 1.08. The highest BCUT2D eigenvalue weighted by atomic mass is 16.2. The van der Waals surface area contributed by atoms with E-state index in [-0.39, 0.29) is 18.0 Å². The summed E-state index contributed by atoms with van der Waals surface area (Å²) in [6, 6.07) is 5.52. The second kappa shape index (κ2) is 4.60. The molecule has 0 atom stereocenters. The summed E-state index contributed by atoms with van der Waals surface area (Å²) in [5, 5.41) is 3.87. The third-order valence-corrected chi connectivity index (χ3v) is 3.01. The number of carbonyl (C=O) groups excluding carboxylic acids is 1. The molecule has 0 aliphatic heterocycles. The van der Waals surface area contributed by atoms with E-state index in [2.05, 4.69) is 5.10 Å². The highest BCUT2D eigenvalue weighted by Crippen LogP contribution is 2.10. The summed E-state index contributed by atoms with van der Waals surface area (Å²) in [5.41, 5.74) is 2.53. The molecule has 2 aromatic rings. The Balaban J connectivity index is 2.25. The van der Waals surface area contributed by atoms with Crippen LogP contribution in [0.15, 0.2) is 29.3 Å². The highest BCUT2D eigenvalue weighted by molar-refractivity contribution is 5.96. The summed E-state index contributed by atoms with van der Waals surface area (Å²) in [7, 11) is 1.60. The Morgan fingerprint density at radius 1 is 1.28 bits per heavy atom. The molecule has 0 radical (unpaired) electrons. The topological polar surface area (TPSA) is 56.9 Å². The molecule has 0 bridgehead atoms. The van der Waals surface area contributed by atoms with E-state index in [0.29, 0.717) is 5.56 Å². The molecule has 0 saturated carbocycles. The number of benzene rings is 1. The monoisotopic (exact) mass is 245 g/mol. The lowest BCUT2D eigenvalue weighted by atomic mass is 10.0. The molecule has 0 N–H and O–H groups in total. The van der Waals surface area contributed by atoms with Gasteiger partial charge in [0, 0.05) is 12.6 Å². The van der Waals surface area contributed by atoms with Crippen molar-refractivity contribution in [3.8, 4) is 0 Å². The Morgan fingerprint density at radius 2 is 2.00 bits per heavy atom. The molecule has 1 heterocycles. The van der Waals surface area contributed by atoms with Crippen molar-refractivity contribution in [2.24, 2.45) is 7.05 Å². The second-order valence-electron chi connectivity index (χ2n) is 4.40. The van der Waals surface area contributed by atoms with Gasteiger partial charge in [0.25, 0.3) is 0 Å². The molecule has 0 aliphatic carbocycles. The van der Waals surface area contributed by atoms with Gasteiger partial charge in [0.2, 0.25) is 0 Å². The van der Waals surface area contributed by atoms with Crippen LogP contribution in [0.5, 0.6) is 0 Å². The zero-order valence-corrected chi connectivity index (χ0v) is 10.7. The lowest BCUT2D eigenvalue weighted by molar-refractivity contribution is 0.0966. The average molecular weight is 245 g/mol. The Kier molecular flexibility index (Phi) is 3.14. The smallest absolute Gasteiger partial charge is 0.292 e. The zero-order chi connectivity index (χ0) is 13.3. The van der Waals surface area contributed by atoms with Gasteiger partial charge in [-0.05, 0) is 31.0 Å². The number of rotatable bonds is 3. The number of nitrogens with zero attached hydrogens (tertiary/aromatic N) is 3. The average Bonchev–Trinajstić information content (AvgIpc) is 2.64. The van der Waals surface area contributed by atoms with Gasteiger partial charge in [0.05, 0.1) is 0 Å². The van der Waals surface area contributed by atoms with E-state index < -0.39 is 0 Å². The minimum absolute atomic E-state index is 0.0256. The summed E-state index contributed by atoms with van der Waals surface area (Å²) in [4.78, 5) is 23.6. The fourth-order valence-electron chi connectivity index (χ4n) is 1.67. The molecule has 5 nitrogen and oxygen atoms in total. The van der Waals surface area contributed by atoms with Crippen LogP contribution >= 0.6 is 0 Å². The third kappa shape index (κ3) is 2.25. The molecular formula is C13H15N3O2. The van der Waals surface area contributed by atoms with E-state index in [1.165, 1.54) is 10.9 Å². The van der Waals surface area contributed by atoms with Gasteiger partial charge in [-0.2, -0.15) is 5.10 Å². The van der Waals surface area contributed by atoms with Crippen LogP contribution in [0.1, 0.15) is 21.5 Å². The third-order valence-electron chi connectivity index (χ3n) is 3.01. The molecule has 0 aliphatic rings. The molecule has 5 heteroatoms. The molecule has 18 heavy (non-hydrogen) atoms. The molecular weight excluding hydrogens is 230 g/mol. The standard InChI is InChI=1S/C13H15N3O2/c1-9-4-5-11(6-10(9)2)12(17)7-16-13(18)15(3)8-14-16/h4-6,8H,7H2,1-3H3. The van der Waals surface area contributed by atoms with Gasteiger partial charge >= 0.3 is 5.69 Å². The molecule has 2 rings (SSSR count). The van der Waals surface area contributed by atoms with Crippen LogP contribution in [-0.2, 0) is 13.6 Å². The van der Waals surface area contributed by atoms with Crippen LogP contribution in [0.25, 0.3) is 0 Å². The number of hydrogen-bond donors (Lipinski definition) is 0. The first-order valence-corrected chi connectivity index (χ1v) is 5.68. The Labute approximate surface area is 105 Å². The van der Waals surface area contributed by atoms with Gasteiger partial charge < -0.3 is 0 Å². The Bertz CT molecular complexity index is 652. The largest absolute Gasteiger partial charge is 0.345 e. The fourth-order valence-corrected chi connectivity index (χ4v) is 1.67. The van der Waals surface area contributed by atoms with Crippen molar-refractivity contribution >= 4 is 5.78 Å². The Morgan fingerprint density at radius 3 is 2.56 bits per heavy atom. The first-order valence-electron chi connectivity index (χ1n) is 5.68. The van der Waals surface area contributed by atoms with Crippen molar-refractivity contribution in [1.82, 2.24) is 14.3 Å². The molecule has 0 fully saturated rings. The minimum Gasteiger partial charge on any atom is -0.292 e. The minimum atomic E-state index is -0.285. The van der Waals surface area contributed by atoms with Crippen molar-refractivity contribution in [2.45, 2.75) is 20.4 Å². The van der Waals surface area contributed by atoms with Gasteiger partial charge in [-0.15, -0.1) is 0 Å². The highest BCUT2D eigenvalue weighted by Gasteiger charge is 2.10. The lowest BCUT2D eigenvalue weighted by Crippen LogP contribution is -2.26. The summed E-state index contributed by atoms with van der Waals surface area (Å²) >= 11 is 0. The summed E-state index contributed by atoms with van der Waals surface area (Å²) in [6.07, 6.45) is 1.40. The van der Waals surface area contributed by atoms with Crippen LogP contribution in [-0.4, -0.2) is 20.1 Å². The van der Waals surface area contributed by atoms with Gasteiger partial charge in [-0.1, -0.05) is 12.1 Å². The maximum Gasteiger partial charge on any atom is 0.345 e. The fraction of sp³-hybridized carbons (Fsp3) is 0.308. The first-order chi connectivity index (χ1) is 8.49. The molecule has 0 unspecified atom stereocenters. The predicted molar refractivity (Wildman–Crippen MR) is 67.7 cm³/mol. The molecule has 0 spiro atoms. The van der Waals surface area contributed by atoms with E-state index in [1.807, 2.05) is 26.0 Å². The quantitative estimate of drug-likeness (QED) is 0.760. The van der Waals surface area contributed by atoms with Crippen molar-refractivity contribution in [3.63, 3.8) is 0 Å².